The normalized spacial score (nSPS) is 17.0. The third-order valence-corrected chi connectivity index (χ3v) is 8.80. The zero-order valence-corrected chi connectivity index (χ0v) is 24.9. The van der Waals surface area contributed by atoms with E-state index in [0.29, 0.717) is 23.4 Å². The molecule has 4 aromatic rings. The second-order valence-electron chi connectivity index (χ2n) is 11.3. The van der Waals surface area contributed by atoms with Gasteiger partial charge in [-0.05, 0) is 49.4 Å². The number of carbonyl (C=O) groups excluding carboxylic acids is 1. The smallest absolute Gasteiger partial charge is 0.223 e. The molecule has 1 amide bonds. The van der Waals surface area contributed by atoms with Crippen molar-refractivity contribution < 1.29 is 4.79 Å². The molecule has 0 aliphatic carbocycles. The molecule has 2 N–H and O–H groups in total. The number of carbonyl (C=O) groups is 1. The van der Waals surface area contributed by atoms with E-state index in [1.165, 1.54) is 5.56 Å². The summed E-state index contributed by atoms with van der Waals surface area (Å²) in [5.74, 6) is 1.12. The van der Waals surface area contributed by atoms with Crippen molar-refractivity contribution in [1.82, 2.24) is 30.0 Å². The molecule has 218 valence electrons. The van der Waals surface area contributed by atoms with Crippen LogP contribution in [-0.2, 0) is 11.3 Å². The van der Waals surface area contributed by atoms with E-state index in [9.17, 15) is 4.79 Å². The van der Waals surface area contributed by atoms with Crippen LogP contribution in [0.5, 0.6) is 0 Å². The van der Waals surface area contributed by atoms with Crippen molar-refractivity contribution in [2.75, 3.05) is 31.5 Å². The first kappa shape index (κ1) is 28.4. The number of halogens is 1. The van der Waals surface area contributed by atoms with Gasteiger partial charge in [-0.1, -0.05) is 61.0 Å². The van der Waals surface area contributed by atoms with Crippen molar-refractivity contribution in [3.63, 3.8) is 0 Å². The quantitative estimate of drug-likeness (QED) is 0.250. The molecule has 2 aromatic heterocycles. The van der Waals surface area contributed by atoms with Gasteiger partial charge in [0.05, 0.1) is 5.69 Å². The monoisotopic (exact) mass is 583 g/mol. The largest absolute Gasteiger partial charge is 0.351 e. The molecule has 2 aromatic carbocycles. The molecular formula is C33H38ClN7O. The van der Waals surface area contributed by atoms with Gasteiger partial charge in [0.2, 0.25) is 11.9 Å². The molecular weight excluding hydrogens is 546 g/mol. The molecule has 9 heteroatoms. The maximum absolute atomic E-state index is 12.3. The minimum Gasteiger partial charge on any atom is -0.351 e. The summed E-state index contributed by atoms with van der Waals surface area (Å²) in [5.41, 5.74) is 6.11. The summed E-state index contributed by atoms with van der Waals surface area (Å²) in [7, 11) is 0. The summed E-state index contributed by atoms with van der Waals surface area (Å²) in [6.45, 7) is 6.50. The Balaban J connectivity index is 1.21. The molecule has 42 heavy (non-hydrogen) atoms. The molecule has 6 rings (SSSR count). The second kappa shape index (κ2) is 13.0. The summed E-state index contributed by atoms with van der Waals surface area (Å²) in [5, 5.41) is 12.5. The fourth-order valence-electron chi connectivity index (χ4n) is 6.20. The Labute approximate surface area is 252 Å². The SMILES string of the molecule is CCC(=O)N1CCC(c2[nH]nc(-c3ccc(Cl)cc3)c2-c2ccnc(NC3CCN(Cc4ccccc4)CC3)n2)CC1. The van der Waals surface area contributed by atoms with E-state index in [1.807, 2.05) is 48.4 Å². The summed E-state index contributed by atoms with van der Waals surface area (Å²) < 4.78 is 0. The average molecular weight is 584 g/mol. The summed E-state index contributed by atoms with van der Waals surface area (Å²) in [6, 6.07) is 20.7. The van der Waals surface area contributed by atoms with Crippen LogP contribution < -0.4 is 5.32 Å². The van der Waals surface area contributed by atoms with E-state index < -0.39 is 0 Å². The zero-order chi connectivity index (χ0) is 28.9. The highest BCUT2D eigenvalue weighted by molar-refractivity contribution is 6.30. The molecule has 0 bridgehead atoms. The number of rotatable bonds is 8. The molecule has 0 radical (unpaired) electrons. The summed E-state index contributed by atoms with van der Waals surface area (Å²) in [4.78, 5) is 26.4. The number of H-pyrrole nitrogens is 1. The van der Waals surface area contributed by atoms with Crippen molar-refractivity contribution in [3.8, 4) is 22.5 Å². The van der Waals surface area contributed by atoms with Gasteiger partial charge in [0.15, 0.2) is 0 Å². The number of aromatic amines is 1. The van der Waals surface area contributed by atoms with E-state index in [1.54, 1.807) is 0 Å². The third kappa shape index (κ3) is 6.50. The molecule has 2 saturated heterocycles. The minimum absolute atomic E-state index is 0.220. The highest BCUT2D eigenvalue weighted by atomic mass is 35.5. The van der Waals surface area contributed by atoms with E-state index in [4.69, 9.17) is 21.7 Å². The Hall–Kier alpha value is -3.75. The second-order valence-corrected chi connectivity index (χ2v) is 11.8. The van der Waals surface area contributed by atoms with Crippen LogP contribution in [0.3, 0.4) is 0 Å². The van der Waals surface area contributed by atoms with E-state index in [-0.39, 0.29) is 11.8 Å². The van der Waals surface area contributed by atoms with Gasteiger partial charge in [-0.25, -0.2) is 9.97 Å². The van der Waals surface area contributed by atoms with Crippen molar-refractivity contribution >= 4 is 23.5 Å². The zero-order valence-electron chi connectivity index (χ0n) is 24.1. The molecule has 0 spiro atoms. The molecule has 8 nitrogen and oxygen atoms in total. The van der Waals surface area contributed by atoms with Crippen LogP contribution in [0.25, 0.3) is 22.5 Å². The Morgan fingerprint density at radius 3 is 2.43 bits per heavy atom. The fraction of sp³-hybridized carbons (Fsp3) is 0.394. The first-order chi connectivity index (χ1) is 20.6. The molecule has 2 aliphatic rings. The topological polar surface area (TPSA) is 90.0 Å². The van der Waals surface area contributed by atoms with Gasteiger partial charge in [-0.15, -0.1) is 0 Å². The molecule has 0 unspecified atom stereocenters. The maximum atomic E-state index is 12.3. The molecule has 4 heterocycles. The lowest BCUT2D eigenvalue weighted by atomic mass is 9.88. The van der Waals surface area contributed by atoms with E-state index >= 15 is 0 Å². The lowest BCUT2D eigenvalue weighted by Gasteiger charge is -2.32. The number of piperidine rings is 2. The van der Waals surface area contributed by atoms with Crippen molar-refractivity contribution in [2.45, 2.75) is 57.5 Å². The lowest BCUT2D eigenvalue weighted by molar-refractivity contribution is -0.131. The lowest BCUT2D eigenvalue weighted by Crippen LogP contribution is -2.39. The number of likely N-dealkylation sites (tertiary alicyclic amines) is 2. The third-order valence-electron chi connectivity index (χ3n) is 8.55. The number of anilines is 1. The molecule has 0 saturated carbocycles. The Bertz CT molecular complexity index is 1470. The fourth-order valence-corrected chi connectivity index (χ4v) is 6.32. The van der Waals surface area contributed by atoms with Gasteiger partial charge >= 0.3 is 0 Å². The van der Waals surface area contributed by atoms with Crippen molar-refractivity contribution in [3.05, 3.63) is 83.1 Å². The maximum Gasteiger partial charge on any atom is 0.223 e. The Morgan fingerprint density at radius 1 is 0.976 bits per heavy atom. The summed E-state index contributed by atoms with van der Waals surface area (Å²) in [6.07, 6.45) is 6.24. The number of nitrogens with zero attached hydrogens (tertiary/aromatic N) is 5. The number of benzene rings is 2. The average Bonchev–Trinajstić information content (AvgIpc) is 3.48. The highest BCUT2D eigenvalue weighted by Crippen LogP contribution is 2.39. The van der Waals surface area contributed by atoms with Crippen LogP contribution in [-0.4, -0.2) is 68.1 Å². The number of amides is 1. The standard InChI is InChI=1S/C33H38ClN7O/c1-2-29(42)41-20-13-25(14-21-41)32-30(31(38-39-32)24-8-10-26(34)11-9-24)28-12-17-35-33(37-28)36-27-15-18-40(19-16-27)22-23-6-4-3-5-7-23/h3-12,17,25,27H,2,13-16,18-22H2,1H3,(H,38,39)(H,35,36,37). The van der Waals surface area contributed by atoms with Crippen LogP contribution in [0, 0.1) is 0 Å². The minimum atomic E-state index is 0.220. The van der Waals surface area contributed by atoms with Gasteiger partial charge in [0.1, 0.15) is 5.69 Å². The van der Waals surface area contributed by atoms with Crippen molar-refractivity contribution in [1.29, 1.82) is 0 Å². The van der Waals surface area contributed by atoms with Gasteiger partial charge in [-0.3, -0.25) is 14.8 Å². The van der Waals surface area contributed by atoms with E-state index in [2.05, 4.69) is 50.6 Å². The first-order valence-electron chi connectivity index (χ1n) is 15.1. The Kier molecular flexibility index (Phi) is 8.81. The van der Waals surface area contributed by atoms with Crippen LogP contribution >= 0.6 is 11.6 Å². The van der Waals surface area contributed by atoms with Crippen LogP contribution in [0.15, 0.2) is 66.9 Å². The molecule has 2 aliphatic heterocycles. The first-order valence-corrected chi connectivity index (χ1v) is 15.4. The van der Waals surface area contributed by atoms with Crippen molar-refractivity contribution in [2.24, 2.45) is 0 Å². The highest BCUT2D eigenvalue weighted by Gasteiger charge is 2.29. The van der Waals surface area contributed by atoms with Gasteiger partial charge in [-0.2, -0.15) is 5.10 Å². The van der Waals surface area contributed by atoms with E-state index in [0.717, 1.165) is 86.6 Å². The Morgan fingerprint density at radius 2 is 1.71 bits per heavy atom. The van der Waals surface area contributed by atoms with Crippen LogP contribution in [0.2, 0.25) is 5.02 Å². The van der Waals surface area contributed by atoms with Crippen LogP contribution in [0.4, 0.5) is 5.95 Å². The number of aromatic nitrogens is 4. The number of hydrogen-bond donors (Lipinski definition) is 2. The number of nitrogens with one attached hydrogen (secondary N) is 2. The predicted octanol–water partition coefficient (Wildman–Crippen LogP) is 6.38. The van der Waals surface area contributed by atoms with Gasteiger partial charge < -0.3 is 10.2 Å². The number of hydrogen-bond acceptors (Lipinski definition) is 6. The van der Waals surface area contributed by atoms with Gasteiger partial charge in [0.25, 0.3) is 0 Å². The molecule has 0 atom stereocenters. The van der Waals surface area contributed by atoms with Crippen LogP contribution in [0.1, 0.15) is 56.2 Å². The van der Waals surface area contributed by atoms with Gasteiger partial charge in [0, 0.05) is 79.1 Å². The predicted molar refractivity (Wildman–Crippen MR) is 167 cm³/mol. The summed E-state index contributed by atoms with van der Waals surface area (Å²) >= 11 is 6.20. The molecule has 2 fully saturated rings.